The Morgan fingerprint density at radius 3 is 2.45 bits per heavy atom. The summed E-state index contributed by atoms with van der Waals surface area (Å²) in [5.74, 6) is -0.200. The summed E-state index contributed by atoms with van der Waals surface area (Å²) < 4.78 is 20.2. The number of hydrogen-bond donors (Lipinski definition) is 0. The Morgan fingerprint density at radius 2 is 1.79 bits per heavy atom. The highest BCUT2D eigenvalue weighted by molar-refractivity contribution is 5.75. The number of rotatable bonds is 7. The lowest BCUT2D eigenvalue weighted by Gasteiger charge is -2.46. The van der Waals surface area contributed by atoms with Crippen molar-refractivity contribution in [3.63, 3.8) is 0 Å². The lowest BCUT2D eigenvalue weighted by atomic mass is 9.67. The third kappa shape index (κ3) is 5.24. The highest BCUT2D eigenvalue weighted by Crippen LogP contribution is 2.44. The third-order valence-corrected chi connectivity index (χ3v) is 6.06. The van der Waals surface area contributed by atoms with Crippen LogP contribution in [0, 0.1) is 5.82 Å². The summed E-state index contributed by atoms with van der Waals surface area (Å²) in [5, 5.41) is 0. The molecule has 4 heteroatoms. The van der Waals surface area contributed by atoms with Gasteiger partial charge in [0.2, 0.25) is 5.91 Å². The molecule has 1 fully saturated rings. The molecule has 0 bridgehead atoms. The van der Waals surface area contributed by atoms with E-state index in [4.69, 9.17) is 4.74 Å². The topological polar surface area (TPSA) is 29.5 Å². The summed E-state index contributed by atoms with van der Waals surface area (Å²) in [6.45, 7) is 7.75. The van der Waals surface area contributed by atoms with Gasteiger partial charge in [0, 0.05) is 37.1 Å². The van der Waals surface area contributed by atoms with Crippen molar-refractivity contribution < 1.29 is 13.9 Å². The van der Waals surface area contributed by atoms with E-state index in [-0.39, 0.29) is 22.7 Å². The number of benzene rings is 2. The standard InChI is InChI=1S/C25H32FNO2/c1-4-23(28)27(18-20-10-8-9-13-22(20)26)16-14-25(21-11-6-5-7-12-21)15-17-29-24(2,3)19-25/h5-13H,4,14-19H2,1-3H3/t25-/m1/s1. The first-order valence-electron chi connectivity index (χ1n) is 10.6. The second-order valence-corrected chi connectivity index (χ2v) is 8.69. The molecule has 0 saturated carbocycles. The van der Waals surface area contributed by atoms with Crippen molar-refractivity contribution in [1.29, 1.82) is 0 Å². The maximum atomic E-state index is 14.2. The molecule has 1 heterocycles. The number of carbonyl (C=O) groups is 1. The SMILES string of the molecule is CCC(=O)N(CC[C@@]1(c2ccccc2)CCOC(C)(C)C1)Cc1ccccc1F. The van der Waals surface area contributed by atoms with Gasteiger partial charge in [0.05, 0.1) is 5.60 Å². The first-order valence-corrected chi connectivity index (χ1v) is 10.6. The van der Waals surface area contributed by atoms with E-state index in [0.717, 1.165) is 19.3 Å². The van der Waals surface area contributed by atoms with Gasteiger partial charge >= 0.3 is 0 Å². The van der Waals surface area contributed by atoms with Crippen molar-refractivity contribution in [2.45, 2.75) is 64.0 Å². The molecule has 29 heavy (non-hydrogen) atoms. The molecule has 0 spiro atoms. The van der Waals surface area contributed by atoms with Crippen LogP contribution in [0.2, 0.25) is 0 Å². The Morgan fingerprint density at radius 1 is 1.10 bits per heavy atom. The smallest absolute Gasteiger partial charge is 0.222 e. The lowest BCUT2D eigenvalue weighted by molar-refractivity contribution is -0.132. The van der Waals surface area contributed by atoms with Crippen LogP contribution in [0.1, 0.15) is 57.6 Å². The van der Waals surface area contributed by atoms with Gasteiger partial charge in [0.15, 0.2) is 0 Å². The molecule has 0 N–H and O–H groups in total. The van der Waals surface area contributed by atoms with Gasteiger partial charge in [0.1, 0.15) is 5.82 Å². The molecular formula is C25H32FNO2. The normalized spacial score (nSPS) is 21.0. The van der Waals surface area contributed by atoms with Crippen LogP contribution < -0.4 is 0 Å². The van der Waals surface area contributed by atoms with Crippen molar-refractivity contribution in [2.24, 2.45) is 0 Å². The number of halogens is 1. The molecule has 1 amide bonds. The van der Waals surface area contributed by atoms with E-state index in [1.165, 1.54) is 11.6 Å². The van der Waals surface area contributed by atoms with Gasteiger partial charge in [-0.2, -0.15) is 0 Å². The van der Waals surface area contributed by atoms with Gasteiger partial charge in [-0.15, -0.1) is 0 Å². The zero-order chi connectivity index (χ0) is 20.9. The quantitative estimate of drug-likeness (QED) is 0.619. The number of hydrogen-bond acceptors (Lipinski definition) is 2. The molecule has 3 rings (SSSR count). The molecule has 2 aromatic carbocycles. The molecule has 0 unspecified atom stereocenters. The van der Waals surface area contributed by atoms with Crippen LogP contribution in [0.3, 0.4) is 0 Å². The number of nitrogens with zero attached hydrogens (tertiary/aromatic N) is 1. The molecule has 0 radical (unpaired) electrons. The summed E-state index contributed by atoms with van der Waals surface area (Å²) in [5.41, 5.74) is 1.60. The predicted octanol–water partition coefficient (Wildman–Crippen LogP) is 5.48. The molecule has 1 saturated heterocycles. The van der Waals surface area contributed by atoms with Gasteiger partial charge in [-0.25, -0.2) is 4.39 Å². The average molecular weight is 398 g/mol. The van der Waals surface area contributed by atoms with E-state index in [1.54, 1.807) is 12.1 Å². The number of carbonyl (C=O) groups excluding carboxylic acids is 1. The fraction of sp³-hybridized carbons (Fsp3) is 0.480. The summed E-state index contributed by atoms with van der Waals surface area (Å²) in [4.78, 5) is 14.5. The van der Waals surface area contributed by atoms with E-state index in [2.05, 4.69) is 38.1 Å². The average Bonchev–Trinajstić information content (AvgIpc) is 2.72. The Kier molecular flexibility index (Phi) is 6.74. The summed E-state index contributed by atoms with van der Waals surface area (Å²) >= 11 is 0. The van der Waals surface area contributed by atoms with Crippen LogP contribution in [-0.4, -0.2) is 29.6 Å². The van der Waals surface area contributed by atoms with Crippen LogP contribution in [-0.2, 0) is 21.5 Å². The predicted molar refractivity (Wildman–Crippen MR) is 114 cm³/mol. The summed E-state index contributed by atoms with van der Waals surface area (Å²) in [7, 11) is 0. The zero-order valence-electron chi connectivity index (χ0n) is 17.8. The Bertz CT molecular complexity index is 821. The van der Waals surface area contributed by atoms with Gasteiger partial charge < -0.3 is 9.64 Å². The first kappa shape index (κ1) is 21.5. The first-order chi connectivity index (χ1) is 13.9. The lowest BCUT2D eigenvalue weighted by Crippen LogP contribution is -2.46. The van der Waals surface area contributed by atoms with Crippen LogP contribution in [0.25, 0.3) is 0 Å². The molecule has 3 nitrogen and oxygen atoms in total. The fourth-order valence-electron chi connectivity index (χ4n) is 4.57. The minimum absolute atomic E-state index is 0.0511. The number of ether oxygens (including phenoxy) is 1. The highest BCUT2D eigenvalue weighted by atomic mass is 19.1. The van der Waals surface area contributed by atoms with Crippen LogP contribution in [0.15, 0.2) is 54.6 Å². The largest absolute Gasteiger partial charge is 0.376 e. The molecule has 156 valence electrons. The Balaban J connectivity index is 1.84. The molecular weight excluding hydrogens is 365 g/mol. The monoisotopic (exact) mass is 397 g/mol. The third-order valence-electron chi connectivity index (χ3n) is 6.06. The van der Waals surface area contributed by atoms with Crippen LogP contribution in [0.4, 0.5) is 4.39 Å². The summed E-state index contributed by atoms with van der Waals surface area (Å²) in [6, 6.07) is 17.3. The van der Waals surface area contributed by atoms with Crippen LogP contribution in [0.5, 0.6) is 0 Å². The zero-order valence-corrected chi connectivity index (χ0v) is 17.8. The highest BCUT2D eigenvalue weighted by Gasteiger charge is 2.42. The minimum atomic E-state index is -0.258. The molecule has 0 aliphatic carbocycles. The number of amides is 1. The summed E-state index contributed by atoms with van der Waals surface area (Å²) in [6.07, 6.45) is 3.08. The second kappa shape index (κ2) is 9.08. The fourth-order valence-corrected chi connectivity index (χ4v) is 4.57. The Hall–Kier alpha value is -2.20. The minimum Gasteiger partial charge on any atom is -0.376 e. The van der Waals surface area contributed by atoms with E-state index in [0.29, 0.717) is 31.7 Å². The van der Waals surface area contributed by atoms with Gasteiger partial charge in [-0.1, -0.05) is 55.5 Å². The van der Waals surface area contributed by atoms with Crippen molar-refractivity contribution in [2.75, 3.05) is 13.2 Å². The van der Waals surface area contributed by atoms with E-state index in [1.807, 2.05) is 24.0 Å². The van der Waals surface area contributed by atoms with Crippen molar-refractivity contribution >= 4 is 5.91 Å². The molecule has 1 atom stereocenters. The van der Waals surface area contributed by atoms with E-state index < -0.39 is 0 Å². The van der Waals surface area contributed by atoms with E-state index >= 15 is 0 Å². The molecule has 0 aromatic heterocycles. The van der Waals surface area contributed by atoms with Gasteiger partial charge in [-0.3, -0.25) is 4.79 Å². The molecule has 1 aliphatic heterocycles. The van der Waals surface area contributed by atoms with E-state index in [9.17, 15) is 9.18 Å². The van der Waals surface area contributed by atoms with Crippen molar-refractivity contribution in [3.05, 3.63) is 71.5 Å². The second-order valence-electron chi connectivity index (χ2n) is 8.69. The maximum absolute atomic E-state index is 14.2. The van der Waals surface area contributed by atoms with Crippen LogP contribution >= 0.6 is 0 Å². The van der Waals surface area contributed by atoms with Crippen molar-refractivity contribution in [1.82, 2.24) is 4.90 Å². The van der Waals surface area contributed by atoms with Crippen molar-refractivity contribution in [3.8, 4) is 0 Å². The maximum Gasteiger partial charge on any atom is 0.222 e. The molecule has 1 aliphatic rings. The Labute approximate surface area is 173 Å². The molecule has 2 aromatic rings. The van der Waals surface area contributed by atoms with Gasteiger partial charge in [0.25, 0.3) is 0 Å². The van der Waals surface area contributed by atoms with Gasteiger partial charge in [-0.05, 0) is 44.7 Å².